The molecule has 0 saturated carbocycles. The number of rotatable bonds is 6. The zero-order valence-corrected chi connectivity index (χ0v) is 17.4. The van der Waals surface area contributed by atoms with E-state index < -0.39 is 23.6 Å². The Hall–Kier alpha value is -3.11. The molecule has 0 fully saturated rings. The molecule has 2 amide bonds. The molecule has 0 aliphatic rings. The maximum absolute atomic E-state index is 12.8. The predicted molar refractivity (Wildman–Crippen MR) is 112 cm³/mol. The van der Waals surface area contributed by atoms with Crippen molar-refractivity contribution in [2.45, 2.75) is 19.3 Å². The van der Waals surface area contributed by atoms with Gasteiger partial charge in [0, 0.05) is 18.1 Å². The van der Waals surface area contributed by atoms with Gasteiger partial charge in [0.1, 0.15) is 4.88 Å². The molecule has 31 heavy (non-hydrogen) atoms. The van der Waals surface area contributed by atoms with Crippen LogP contribution in [0.2, 0.25) is 5.02 Å². The quantitative estimate of drug-likeness (QED) is 0.503. The second-order valence-electron chi connectivity index (χ2n) is 6.43. The van der Waals surface area contributed by atoms with Gasteiger partial charge >= 0.3 is 6.18 Å². The van der Waals surface area contributed by atoms with Gasteiger partial charge in [-0.25, -0.2) is 0 Å². The first-order valence-corrected chi connectivity index (χ1v) is 10.0. The summed E-state index contributed by atoms with van der Waals surface area (Å²) < 4.78 is 42.3. The molecule has 0 atom stereocenters. The molecule has 1 heterocycles. The Morgan fingerprint density at radius 2 is 1.74 bits per heavy atom. The van der Waals surface area contributed by atoms with Crippen LogP contribution >= 0.6 is 23.1 Å². The molecule has 0 spiro atoms. The number of amides is 2. The molecule has 0 saturated heterocycles. The Morgan fingerprint density at radius 1 is 1.03 bits per heavy atom. The van der Waals surface area contributed by atoms with Crippen LogP contribution in [-0.4, -0.2) is 16.2 Å². The first-order chi connectivity index (χ1) is 14.7. The summed E-state index contributed by atoms with van der Waals surface area (Å²) in [6, 6.07) is 11.6. The number of benzene rings is 2. The number of carbonyl (C=O) groups is 2. The van der Waals surface area contributed by atoms with Gasteiger partial charge in [-0.15, -0.1) is 0 Å². The fraction of sp³-hybridized carbons (Fsp3) is 0.150. The number of anilines is 1. The number of alkyl halides is 3. The number of carbonyl (C=O) groups excluding carboxylic acids is 2. The van der Waals surface area contributed by atoms with E-state index in [1.807, 2.05) is 0 Å². The molecule has 1 aromatic heterocycles. The van der Waals surface area contributed by atoms with Crippen molar-refractivity contribution < 1.29 is 22.8 Å². The van der Waals surface area contributed by atoms with E-state index in [1.54, 1.807) is 24.3 Å². The van der Waals surface area contributed by atoms with Gasteiger partial charge in [-0.3, -0.25) is 9.59 Å². The topological polar surface area (TPSA) is 97.1 Å². The first kappa shape index (κ1) is 22.6. The highest BCUT2D eigenvalue weighted by molar-refractivity contribution is 7.09. The Labute approximate surface area is 184 Å². The van der Waals surface area contributed by atoms with Crippen LogP contribution < -0.4 is 16.4 Å². The van der Waals surface area contributed by atoms with Crippen molar-refractivity contribution in [1.82, 2.24) is 15.0 Å². The number of nitrogens with zero attached hydrogens (tertiary/aromatic N) is 1. The number of hydrogen-bond donors (Lipinski definition) is 3. The van der Waals surface area contributed by atoms with Gasteiger partial charge in [0.05, 0.1) is 11.3 Å². The van der Waals surface area contributed by atoms with Gasteiger partial charge in [0.2, 0.25) is 0 Å². The second kappa shape index (κ2) is 9.36. The highest BCUT2D eigenvalue weighted by atomic mass is 35.5. The first-order valence-electron chi connectivity index (χ1n) is 8.88. The van der Waals surface area contributed by atoms with E-state index in [1.165, 1.54) is 12.1 Å². The van der Waals surface area contributed by atoms with Crippen LogP contribution in [0.15, 0.2) is 48.5 Å². The van der Waals surface area contributed by atoms with Crippen LogP contribution in [0.1, 0.15) is 36.9 Å². The van der Waals surface area contributed by atoms with Crippen LogP contribution in [0.25, 0.3) is 0 Å². The van der Waals surface area contributed by atoms with Gasteiger partial charge in [-0.2, -0.15) is 17.5 Å². The highest BCUT2D eigenvalue weighted by Gasteiger charge is 2.30. The molecule has 0 aliphatic carbocycles. The number of hydrogen-bond acceptors (Lipinski definition) is 5. The lowest BCUT2D eigenvalue weighted by atomic mass is 10.1. The summed E-state index contributed by atoms with van der Waals surface area (Å²) in [6.45, 7) is 0.000673. The van der Waals surface area contributed by atoms with E-state index >= 15 is 0 Å². The molecule has 3 aromatic rings. The summed E-state index contributed by atoms with van der Waals surface area (Å²) in [6.07, 6.45) is -4.48. The summed E-state index contributed by atoms with van der Waals surface area (Å²) >= 11 is 6.77. The third kappa shape index (κ3) is 5.53. The van der Waals surface area contributed by atoms with Crippen LogP contribution in [0, 0.1) is 0 Å². The minimum Gasteiger partial charge on any atom is -0.395 e. The molecular weight excluding hydrogens is 453 g/mol. The van der Waals surface area contributed by atoms with Gasteiger partial charge in [-0.1, -0.05) is 41.9 Å². The molecule has 162 valence electrons. The van der Waals surface area contributed by atoms with E-state index in [4.69, 9.17) is 17.3 Å². The lowest BCUT2D eigenvalue weighted by molar-refractivity contribution is -0.137. The van der Waals surface area contributed by atoms with Crippen LogP contribution in [0.4, 0.5) is 18.9 Å². The van der Waals surface area contributed by atoms with Crippen LogP contribution in [0.5, 0.6) is 0 Å². The molecule has 0 unspecified atom stereocenters. The highest BCUT2D eigenvalue weighted by Crippen LogP contribution is 2.29. The van der Waals surface area contributed by atoms with Crippen molar-refractivity contribution in [3.63, 3.8) is 0 Å². The van der Waals surface area contributed by atoms with Crippen molar-refractivity contribution in [3.8, 4) is 0 Å². The summed E-state index contributed by atoms with van der Waals surface area (Å²) in [7, 11) is 0. The van der Waals surface area contributed by atoms with Crippen molar-refractivity contribution in [1.29, 1.82) is 0 Å². The summed E-state index contributed by atoms with van der Waals surface area (Å²) in [5, 5.41) is 5.61. The number of aromatic nitrogens is 1. The maximum Gasteiger partial charge on any atom is 0.416 e. The minimum atomic E-state index is -4.48. The van der Waals surface area contributed by atoms with Crippen molar-refractivity contribution >= 4 is 40.6 Å². The molecule has 6 nitrogen and oxygen atoms in total. The van der Waals surface area contributed by atoms with Crippen LogP contribution in [-0.2, 0) is 19.3 Å². The standard InChI is InChI=1S/C20H16ClF3N4O2S/c21-14-7-2-1-5-12(14)10-27-18(29)16-15(25)17(31-28-16)19(30)26-9-11-4-3-6-13(8-11)20(22,23)24/h1-8H,9-10,25H2,(H,26,30)(H,27,29). The van der Waals surface area contributed by atoms with Crippen molar-refractivity contribution in [3.05, 3.63) is 80.8 Å². The largest absolute Gasteiger partial charge is 0.416 e. The van der Waals surface area contributed by atoms with Crippen molar-refractivity contribution in [2.75, 3.05) is 5.73 Å². The number of nitrogens with one attached hydrogen (secondary N) is 2. The number of halogens is 4. The Kier molecular flexibility index (Phi) is 6.81. The van der Waals surface area contributed by atoms with Gasteiger partial charge < -0.3 is 16.4 Å². The van der Waals surface area contributed by atoms with Gasteiger partial charge in [0.25, 0.3) is 11.8 Å². The second-order valence-corrected chi connectivity index (χ2v) is 7.61. The fourth-order valence-electron chi connectivity index (χ4n) is 2.65. The molecule has 2 aromatic carbocycles. The third-order valence-electron chi connectivity index (χ3n) is 4.25. The van der Waals surface area contributed by atoms with E-state index in [0.29, 0.717) is 10.6 Å². The Morgan fingerprint density at radius 3 is 2.45 bits per heavy atom. The third-order valence-corrected chi connectivity index (χ3v) is 5.48. The smallest absolute Gasteiger partial charge is 0.395 e. The molecule has 11 heteroatoms. The number of nitrogens with two attached hydrogens (primary N) is 1. The molecule has 0 aliphatic heterocycles. The summed E-state index contributed by atoms with van der Waals surface area (Å²) in [4.78, 5) is 24.8. The van der Waals surface area contributed by atoms with Gasteiger partial charge in [-0.05, 0) is 40.9 Å². The lowest BCUT2D eigenvalue weighted by Gasteiger charge is -2.09. The minimum absolute atomic E-state index is 0.00475. The summed E-state index contributed by atoms with van der Waals surface area (Å²) in [5.41, 5.74) is 5.84. The van der Waals surface area contributed by atoms with E-state index in [-0.39, 0.29) is 34.9 Å². The SMILES string of the molecule is Nc1c(C(=O)NCc2ccccc2Cl)nsc1C(=O)NCc1cccc(C(F)(F)F)c1. The molecular formula is C20H16ClF3N4O2S. The molecule has 0 bridgehead atoms. The monoisotopic (exact) mass is 468 g/mol. The van der Waals surface area contributed by atoms with E-state index in [0.717, 1.165) is 23.7 Å². The normalized spacial score (nSPS) is 11.2. The fourth-order valence-corrected chi connectivity index (χ4v) is 3.56. The predicted octanol–water partition coefficient (Wildman–Crippen LogP) is 4.26. The van der Waals surface area contributed by atoms with Crippen molar-refractivity contribution in [2.24, 2.45) is 0 Å². The Balaban J connectivity index is 1.63. The van der Waals surface area contributed by atoms with E-state index in [2.05, 4.69) is 15.0 Å². The molecule has 4 N–H and O–H groups in total. The Bertz CT molecular complexity index is 1120. The summed E-state index contributed by atoms with van der Waals surface area (Å²) in [5.74, 6) is -1.22. The van der Waals surface area contributed by atoms with Gasteiger partial charge in [0.15, 0.2) is 5.69 Å². The van der Waals surface area contributed by atoms with E-state index in [9.17, 15) is 22.8 Å². The average molecular weight is 469 g/mol. The lowest BCUT2D eigenvalue weighted by Crippen LogP contribution is -2.25. The number of nitrogen functional groups attached to an aromatic ring is 1. The molecule has 0 radical (unpaired) electrons. The average Bonchev–Trinajstić information content (AvgIpc) is 3.12. The van der Waals surface area contributed by atoms with Crippen LogP contribution in [0.3, 0.4) is 0 Å². The zero-order valence-electron chi connectivity index (χ0n) is 15.8. The zero-order chi connectivity index (χ0) is 22.6. The molecule has 3 rings (SSSR count). The maximum atomic E-state index is 12.8.